The molecule has 0 aromatic carbocycles. The van der Waals surface area contributed by atoms with E-state index in [0.29, 0.717) is 5.69 Å². The highest BCUT2D eigenvalue weighted by Crippen LogP contribution is 2.15. The summed E-state index contributed by atoms with van der Waals surface area (Å²) in [5, 5.41) is 3.13. The van der Waals surface area contributed by atoms with E-state index in [4.69, 9.17) is 0 Å². The van der Waals surface area contributed by atoms with Gasteiger partial charge in [-0.05, 0) is 42.7 Å². The molecule has 0 spiro atoms. The molecule has 6 heteroatoms. The van der Waals surface area contributed by atoms with Crippen molar-refractivity contribution >= 4 is 11.6 Å². The van der Waals surface area contributed by atoms with Gasteiger partial charge in [0.2, 0.25) is 0 Å². The third-order valence-corrected chi connectivity index (χ3v) is 4.57. The van der Waals surface area contributed by atoms with Crippen LogP contribution in [0.15, 0.2) is 42.9 Å². The number of hydrogen-bond donors (Lipinski definition) is 1. The maximum Gasteiger partial charge on any atom is 0.270 e. The largest absolute Gasteiger partial charge is 0.378 e. The number of pyridine rings is 2. The molecule has 0 atom stereocenters. The lowest BCUT2D eigenvalue weighted by Crippen LogP contribution is -2.44. The van der Waals surface area contributed by atoms with E-state index in [2.05, 4.69) is 32.3 Å². The van der Waals surface area contributed by atoms with Gasteiger partial charge in [-0.1, -0.05) is 0 Å². The molecule has 2 aromatic rings. The SMILES string of the molecule is CN(C)c1ccnc(C(=O)NC2CCN(Cc3ccncc3)CC2)c1. The molecular weight excluding hydrogens is 314 g/mol. The summed E-state index contributed by atoms with van der Waals surface area (Å²) in [4.78, 5) is 25.1. The molecule has 1 saturated heterocycles. The van der Waals surface area contributed by atoms with Gasteiger partial charge in [-0.2, -0.15) is 0 Å². The third kappa shape index (κ3) is 4.76. The molecule has 6 nitrogen and oxygen atoms in total. The Morgan fingerprint density at radius 3 is 2.60 bits per heavy atom. The molecule has 0 bridgehead atoms. The van der Waals surface area contributed by atoms with E-state index in [-0.39, 0.29) is 11.9 Å². The minimum absolute atomic E-state index is 0.0868. The minimum Gasteiger partial charge on any atom is -0.378 e. The van der Waals surface area contributed by atoms with Crippen LogP contribution in [0, 0.1) is 0 Å². The molecule has 1 fully saturated rings. The van der Waals surface area contributed by atoms with Crippen molar-refractivity contribution in [3.63, 3.8) is 0 Å². The van der Waals surface area contributed by atoms with Crippen LogP contribution in [0.1, 0.15) is 28.9 Å². The average molecular weight is 339 g/mol. The molecule has 1 N–H and O–H groups in total. The lowest BCUT2D eigenvalue weighted by atomic mass is 10.0. The molecule has 25 heavy (non-hydrogen) atoms. The lowest BCUT2D eigenvalue weighted by molar-refractivity contribution is 0.0904. The second-order valence-corrected chi connectivity index (χ2v) is 6.67. The molecule has 0 aliphatic carbocycles. The number of anilines is 1. The number of likely N-dealkylation sites (tertiary alicyclic amines) is 1. The van der Waals surface area contributed by atoms with Crippen molar-refractivity contribution in [2.45, 2.75) is 25.4 Å². The Morgan fingerprint density at radius 2 is 1.92 bits per heavy atom. The maximum absolute atomic E-state index is 12.4. The summed E-state index contributed by atoms with van der Waals surface area (Å²) >= 11 is 0. The first-order chi connectivity index (χ1) is 12.1. The van der Waals surface area contributed by atoms with Crippen LogP contribution in [0.2, 0.25) is 0 Å². The number of nitrogens with one attached hydrogen (secondary N) is 1. The van der Waals surface area contributed by atoms with E-state index in [1.807, 2.05) is 43.5 Å². The zero-order valence-corrected chi connectivity index (χ0v) is 14.9. The normalized spacial score (nSPS) is 15.8. The molecule has 3 rings (SSSR count). The zero-order chi connectivity index (χ0) is 17.6. The summed E-state index contributed by atoms with van der Waals surface area (Å²) in [6.07, 6.45) is 7.27. The summed E-state index contributed by atoms with van der Waals surface area (Å²) in [7, 11) is 3.91. The van der Waals surface area contributed by atoms with Crippen molar-refractivity contribution in [3.05, 3.63) is 54.1 Å². The van der Waals surface area contributed by atoms with E-state index in [0.717, 1.165) is 38.2 Å². The van der Waals surface area contributed by atoms with Crippen LogP contribution in [0.25, 0.3) is 0 Å². The van der Waals surface area contributed by atoms with Crippen molar-refractivity contribution in [2.75, 3.05) is 32.1 Å². The van der Waals surface area contributed by atoms with Crippen molar-refractivity contribution in [1.29, 1.82) is 0 Å². The Labute approximate surface area is 148 Å². The summed E-state index contributed by atoms with van der Waals surface area (Å²) in [5.41, 5.74) is 2.74. The number of aromatic nitrogens is 2. The summed E-state index contributed by atoms with van der Waals surface area (Å²) in [6.45, 7) is 2.91. The van der Waals surface area contributed by atoms with Gasteiger partial charge in [-0.3, -0.25) is 19.7 Å². The Morgan fingerprint density at radius 1 is 1.20 bits per heavy atom. The van der Waals surface area contributed by atoms with Gasteiger partial charge in [0.05, 0.1) is 0 Å². The monoisotopic (exact) mass is 339 g/mol. The molecule has 132 valence electrons. The van der Waals surface area contributed by atoms with Crippen LogP contribution < -0.4 is 10.2 Å². The van der Waals surface area contributed by atoms with Gasteiger partial charge in [0.1, 0.15) is 5.69 Å². The lowest BCUT2D eigenvalue weighted by Gasteiger charge is -2.32. The predicted molar refractivity (Wildman–Crippen MR) is 98.6 cm³/mol. The fraction of sp³-hybridized carbons (Fsp3) is 0.421. The molecule has 1 aliphatic heterocycles. The Kier molecular flexibility index (Phi) is 5.60. The molecule has 1 amide bonds. The molecule has 0 unspecified atom stereocenters. The first-order valence-corrected chi connectivity index (χ1v) is 8.67. The third-order valence-electron chi connectivity index (χ3n) is 4.57. The number of piperidine rings is 1. The zero-order valence-electron chi connectivity index (χ0n) is 14.9. The Hall–Kier alpha value is -2.47. The van der Waals surface area contributed by atoms with Crippen LogP contribution in [0.3, 0.4) is 0 Å². The standard InChI is InChI=1S/C19H25N5O/c1-23(2)17-5-10-21-18(13-17)19(25)22-16-6-11-24(12-7-16)14-15-3-8-20-9-4-15/h3-5,8-10,13,16H,6-7,11-12,14H2,1-2H3,(H,22,25). The van der Waals surface area contributed by atoms with Crippen molar-refractivity contribution in [2.24, 2.45) is 0 Å². The highest BCUT2D eigenvalue weighted by Gasteiger charge is 2.21. The van der Waals surface area contributed by atoms with E-state index < -0.39 is 0 Å². The van der Waals surface area contributed by atoms with Crippen molar-refractivity contribution in [3.8, 4) is 0 Å². The van der Waals surface area contributed by atoms with Crippen LogP contribution >= 0.6 is 0 Å². The van der Waals surface area contributed by atoms with Gasteiger partial charge in [0, 0.05) is 64.0 Å². The van der Waals surface area contributed by atoms with E-state index in [9.17, 15) is 4.79 Å². The molecule has 0 saturated carbocycles. The second kappa shape index (κ2) is 8.07. The molecule has 3 heterocycles. The fourth-order valence-electron chi connectivity index (χ4n) is 3.06. The number of nitrogens with zero attached hydrogens (tertiary/aromatic N) is 4. The van der Waals surface area contributed by atoms with Crippen LogP contribution in [-0.4, -0.2) is 54.0 Å². The highest BCUT2D eigenvalue weighted by molar-refractivity contribution is 5.93. The summed E-state index contributed by atoms with van der Waals surface area (Å²) in [6, 6.07) is 8.04. The van der Waals surface area contributed by atoms with Crippen LogP contribution in [-0.2, 0) is 6.54 Å². The molecular formula is C19H25N5O. The summed E-state index contributed by atoms with van der Waals surface area (Å²) < 4.78 is 0. The average Bonchev–Trinajstić information content (AvgIpc) is 2.64. The van der Waals surface area contributed by atoms with Crippen LogP contribution in [0.4, 0.5) is 5.69 Å². The molecule has 0 radical (unpaired) electrons. The first-order valence-electron chi connectivity index (χ1n) is 8.67. The van der Waals surface area contributed by atoms with Gasteiger partial charge in [-0.15, -0.1) is 0 Å². The number of carbonyl (C=O) groups excluding carboxylic acids is 1. The fourth-order valence-corrected chi connectivity index (χ4v) is 3.06. The van der Waals surface area contributed by atoms with Gasteiger partial charge in [-0.25, -0.2) is 0 Å². The maximum atomic E-state index is 12.4. The second-order valence-electron chi connectivity index (χ2n) is 6.67. The minimum atomic E-state index is -0.0868. The molecule has 1 aliphatic rings. The van der Waals surface area contributed by atoms with Gasteiger partial charge in [0.15, 0.2) is 0 Å². The van der Waals surface area contributed by atoms with Crippen molar-refractivity contribution in [1.82, 2.24) is 20.2 Å². The topological polar surface area (TPSA) is 61.4 Å². The van der Waals surface area contributed by atoms with Crippen molar-refractivity contribution < 1.29 is 4.79 Å². The summed E-state index contributed by atoms with van der Waals surface area (Å²) in [5.74, 6) is -0.0868. The number of hydrogen-bond acceptors (Lipinski definition) is 5. The smallest absolute Gasteiger partial charge is 0.270 e. The van der Waals surface area contributed by atoms with Gasteiger partial charge >= 0.3 is 0 Å². The number of rotatable bonds is 5. The number of carbonyl (C=O) groups is 1. The predicted octanol–water partition coefficient (Wildman–Crippen LogP) is 1.94. The quantitative estimate of drug-likeness (QED) is 0.902. The van der Waals surface area contributed by atoms with Crippen LogP contribution in [0.5, 0.6) is 0 Å². The van der Waals surface area contributed by atoms with E-state index >= 15 is 0 Å². The Balaban J connectivity index is 1.50. The van der Waals surface area contributed by atoms with Gasteiger partial charge < -0.3 is 10.2 Å². The number of amides is 1. The molecule has 2 aromatic heterocycles. The first kappa shape index (κ1) is 17.4. The van der Waals surface area contributed by atoms with E-state index in [1.54, 1.807) is 6.20 Å². The van der Waals surface area contributed by atoms with Gasteiger partial charge in [0.25, 0.3) is 5.91 Å². The Bertz CT molecular complexity index is 696. The van der Waals surface area contributed by atoms with E-state index in [1.165, 1.54) is 5.56 Å². The highest BCUT2D eigenvalue weighted by atomic mass is 16.1.